The number of phenolic OH excluding ortho intramolecular Hbond substituents is 1. The summed E-state index contributed by atoms with van der Waals surface area (Å²) in [6.45, 7) is 5.57. The number of carbonyl (C=O) groups excluding carboxylic acids is 1. The Hall–Kier alpha value is -3.41. The second-order valence-electron chi connectivity index (χ2n) is 7.03. The third-order valence-electron chi connectivity index (χ3n) is 5.11. The minimum atomic E-state index is 0.109. The van der Waals surface area contributed by atoms with Crippen LogP contribution in [0.25, 0.3) is 5.70 Å². The highest BCUT2D eigenvalue weighted by molar-refractivity contribution is 5.74. The summed E-state index contributed by atoms with van der Waals surface area (Å²) in [5, 5.41) is 10.0. The number of piperidine rings is 1. The van der Waals surface area contributed by atoms with Gasteiger partial charge in [0, 0.05) is 35.8 Å². The number of carbonyl (C=O) groups is 1. The van der Waals surface area contributed by atoms with Crippen LogP contribution in [-0.2, 0) is 0 Å². The first kappa shape index (κ1) is 22.9. The molecule has 1 aliphatic rings. The SMILES string of the molecule is CC.NC(N)=C(/C=C(\N)c1ccccc1O)N1CCCC(c2ccc(C=O)cc2)C1. The number of likely N-dealkylation sites (tertiary alicyclic amines) is 1. The number of nitrogens with two attached hydrogens (primary N) is 3. The summed E-state index contributed by atoms with van der Waals surface area (Å²) in [6, 6.07) is 14.6. The third-order valence-corrected chi connectivity index (χ3v) is 5.11. The molecular formula is C24H32N4O2. The highest BCUT2D eigenvalue weighted by Gasteiger charge is 2.23. The average Bonchev–Trinajstić information content (AvgIpc) is 2.79. The minimum Gasteiger partial charge on any atom is -0.507 e. The van der Waals surface area contributed by atoms with Crippen molar-refractivity contribution >= 4 is 12.0 Å². The Bertz CT molecular complexity index is 900. The van der Waals surface area contributed by atoms with E-state index in [9.17, 15) is 9.90 Å². The van der Waals surface area contributed by atoms with Crippen molar-refractivity contribution in [3.8, 4) is 5.75 Å². The molecule has 6 nitrogen and oxygen atoms in total. The zero-order valence-electron chi connectivity index (χ0n) is 17.7. The van der Waals surface area contributed by atoms with Gasteiger partial charge in [0.15, 0.2) is 0 Å². The zero-order valence-corrected chi connectivity index (χ0v) is 17.7. The molecule has 2 aromatic carbocycles. The van der Waals surface area contributed by atoms with Crippen LogP contribution in [0, 0.1) is 0 Å². The van der Waals surface area contributed by atoms with Crippen molar-refractivity contribution < 1.29 is 9.90 Å². The molecule has 0 aromatic heterocycles. The third kappa shape index (κ3) is 5.56. The number of nitrogens with zero attached hydrogens (tertiary/aromatic N) is 1. The normalized spacial score (nSPS) is 16.3. The molecule has 1 atom stereocenters. The first-order chi connectivity index (χ1) is 14.5. The number of hydrogen-bond acceptors (Lipinski definition) is 6. The second-order valence-corrected chi connectivity index (χ2v) is 7.03. The van der Waals surface area contributed by atoms with Crippen LogP contribution in [0.15, 0.2) is 66.1 Å². The number of phenols is 1. The lowest BCUT2D eigenvalue weighted by Crippen LogP contribution is -2.36. The van der Waals surface area contributed by atoms with E-state index in [1.54, 1.807) is 24.3 Å². The minimum absolute atomic E-state index is 0.109. The van der Waals surface area contributed by atoms with Crippen LogP contribution < -0.4 is 17.2 Å². The van der Waals surface area contributed by atoms with Crippen molar-refractivity contribution in [2.75, 3.05) is 13.1 Å². The van der Waals surface area contributed by atoms with Crippen molar-refractivity contribution in [3.63, 3.8) is 0 Å². The molecule has 1 fully saturated rings. The second kappa shape index (κ2) is 11.0. The average molecular weight is 409 g/mol. The van der Waals surface area contributed by atoms with Gasteiger partial charge in [-0.25, -0.2) is 0 Å². The van der Waals surface area contributed by atoms with Gasteiger partial charge in [-0.2, -0.15) is 0 Å². The van der Waals surface area contributed by atoms with Gasteiger partial charge in [-0.05, 0) is 36.6 Å². The Morgan fingerprint density at radius 2 is 1.73 bits per heavy atom. The summed E-state index contributed by atoms with van der Waals surface area (Å²) in [5.41, 5.74) is 21.6. The highest BCUT2D eigenvalue weighted by Crippen LogP contribution is 2.30. The fourth-order valence-electron chi connectivity index (χ4n) is 3.61. The van der Waals surface area contributed by atoms with E-state index in [-0.39, 0.29) is 11.6 Å². The van der Waals surface area contributed by atoms with Crippen molar-refractivity contribution in [3.05, 3.63) is 82.8 Å². The van der Waals surface area contributed by atoms with Gasteiger partial charge in [0.1, 0.15) is 17.9 Å². The molecule has 1 heterocycles. The van der Waals surface area contributed by atoms with Crippen LogP contribution >= 0.6 is 0 Å². The molecule has 0 spiro atoms. The summed E-state index contributed by atoms with van der Waals surface area (Å²) in [7, 11) is 0. The molecule has 160 valence electrons. The lowest BCUT2D eigenvalue weighted by Gasteiger charge is -2.35. The molecule has 1 unspecified atom stereocenters. The Morgan fingerprint density at radius 1 is 1.07 bits per heavy atom. The Labute approximate surface area is 178 Å². The first-order valence-corrected chi connectivity index (χ1v) is 10.3. The smallest absolute Gasteiger partial charge is 0.150 e. The maximum atomic E-state index is 10.9. The fraction of sp³-hybridized carbons (Fsp3) is 0.292. The fourth-order valence-corrected chi connectivity index (χ4v) is 3.61. The van der Waals surface area contributed by atoms with Crippen molar-refractivity contribution in [1.29, 1.82) is 0 Å². The van der Waals surface area contributed by atoms with Gasteiger partial charge in [-0.1, -0.05) is 50.2 Å². The standard InChI is InChI=1S/C22H26N4O2.C2H6/c23-19(18-5-1-2-6-21(18)28)12-20(22(24)25)26-11-3-4-17(13-26)16-9-7-15(14-27)8-10-16;1-2/h1-2,5-10,12,14,17,28H,3-4,11,13,23-25H2;1-2H3/b19-12-;. The van der Waals surface area contributed by atoms with Gasteiger partial charge < -0.3 is 27.2 Å². The van der Waals surface area contributed by atoms with Gasteiger partial charge in [0.05, 0.1) is 5.70 Å². The molecule has 30 heavy (non-hydrogen) atoms. The lowest BCUT2D eigenvalue weighted by molar-refractivity contribution is 0.112. The molecule has 6 heteroatoms. The van der Waals surface area contributed by atoms with Crippen molar-refractivity contribution in [1.82, 2.24) is 4.90 Å². The van der Waals surface area contributed by atoms with Crippen LogP contribution in [0.5, 0.6) is 5.75 Å². The molecule has 0 aliphatic carbocycles. The molecule has 1 aliphatic heterocycles. The molecular weight excluding hydrogens is 376 g/mol. The lowest BCUT2D eigenvalue weighted by atomic mass is 9.90. The number of rotatable bonds is 5. The molecule has 0 amide bonds. The van der Waals surface area contributed by atoms with E-state index in [0.29, 0.717) is 28.4 Å². The van der Waals surface area contributed by atoms with Crippen LogP contribution in [0.2, 0.25) is 0 Å². The number of aromatic hydroxyl groups is 1. The molecule has 7 N–H and O–H groups in total. The quantitative estimate of drug-likeness (QED) is 0.444. The van der Waals surface area contributed by atoms with E-state index >= 15 is 0 Å². The van der Waals surface area contributed by atoms with Gasteiger partial charge in [0.2, 0.25) is 0 Å². The summed E-state index contributed by atoms with van der Waals surface area (Å²) in [5.74, 6) is 0.608. The highest BCUT2D eigenvalue weighted by atomic mass is 16.3. The van der Waals surface area contributed by atoms with Crippen LogP contribution in [0.4, 0.5) is 0 Å². The summed E-state index contributed by atoms with van der Waals surface area (Å²) < 4.78 is 0. The molecule has 0 radical (unpaired) electrons. The maximum absolute atomic E-state index is 10.9. The monoisotopic (exact) mass is 408 g/mol. The number of para-hydroxylation sites is 1. The van der Waals surface area contributed by atoms with Gasteiger partial charge >= 0.3 is 0 Å². The van der Waals surface area contributed by atoms with Crippen LogP contribution in [-0.4, -0.2) is 29.4 Å². The van der Waals surface area contributed by atoms with Gasteiger partial charge in [-0.15, -0.1) is 0 Å². The maximum Gasteiger partial charge on any atom is 0.150 e. The molecule has 0 bridgehead atoms. The molecule has 0 saturated carbocycles. The largest absolute Gasteiger partial charge is 0.507 e. The van der Waals surface area contributed by atoms with E-state index < -0.39 is 0 Å². The molecule has 2 aromatic rings. The Balaban J connectivity index is 0.00000155. The predicted molar refractivity (Wildman–Crippen MR) is 122 cm³/mol. The van der Waals surface area contributed by atoms with Gasteiger partial charge in [0.25, 0.3) is 0 Å². The number of aldehydes is 1. The van der Waals surface area contributed by atoms with E-state index in [1.165, 1.54) is 5.56 Å². The summed E-state index contributed by atoms with van der Waals surface area (Å²) in [6.07, 6.45) is 4.61. The predicted octanol–water partition coefficient (Wildman–Crippen LogP) is 3.50. The van der Waals surface area contributed by atoms with Crippen LogP contribution in [0.3, 0.4) is 0 Å². The van der Waals surface area contributed by atoms with Crippen LogP contribution in [0.1, 0.15) is 54.1 Å². The number of benzene rings is 2. The van der Waals surface area contributed by atoms with E-state index in [2.05, 4.69) is 4.90 Å². The Kier molecular flexibility index (Phi) is 8.35. The first-order valence-electron chi connectivity index (χ1n) is 10.3. The van der Waals surface area contributed by atoms with E-state index in [0.717, 1.165) is 32.2 Å². The van der Waals surface area contributed by atoms with E-state index in [4.69, 9.17) is 17.2 Å². The number of allylic oxidation sites excluding steroid dienone is 1. The van der Waals surface area contributed by atoms with E-state index in [1.807, 2.05) is 44.2 Å². The zero-order chi connectivity index (χ0) is 22.1. The molecule has 1 saturated heterocycles. The summed E-state index contributed by atoms with van der Waals surface area (Å²) >= 11 is 0. The number of hydrogen-bond donors (Lipinski definition) is 4. The van der Waals surface area contributed by atoms with Gasteiger partial charge in [-0.3, -0.25) is 4.79 Å². The van der Waals surface area contributed by atoms with Crippen molar-refractivity contribution in [2.45, 2.75) is 32.6 Å². The molecule has 3 rings (SSSR count). The Morgan fingerprint density at radius 3 is 2.33 bits per heavy atom. The topological polar surface area (TPSA) is 119 Å². The summed E-state index contributed by atoms with van der Waals surface area (Å²) in [4.78, 5) is 13.0. The van der Waals surface area contributed by atoms with Crippen molar-refractivity contribution in [2.24, 2.45) is 17.2 Å².